The molecule has 3 atom stereocenters. The first kappa shape index (κ1) is 76.9. The molecule has 1 amide bonds. The van der Waals surface area contributed by atoms with E-state index in [4.69, 9.17) is 9.05 Å². The molecule has 3 unspecified atom stereocenters. The number of carbonyl (C=O) groups excluding carboxylic acids is 1. The van der Waals surface area contributed by atoms with E-state index in [9.17, 15) is 19.4 Å². The van der Waals surface area contributed by atoms with Gasteiger partial charge in [-0.2, -0.15) is 0 Å². The van der Waals surface area contributed by atoms with Crippen LogP contribution in [0.4, 0.5) is 0 Å². The highest BCUT2D eigenvalue weighted by atomic mass is 31.2. The van der Waals surface area contributed by atoms with Gasteiger partial charge < -0.3 is 28.8 Å². The molecular weight excluding hydrogens is 996 g/mol. The Bertz CT molecular complexity index is 1520. The van der Waals surface area contributed by atoms with Crippen molar-refractivity contribution in [1.82, 2.24) is 5.32 Å². The van der Waals surface area contributed by atoms with Gasteiger partial charge in [0.25, 0.3) is 7.82 Å². The molecule has 0 saturated carbocycles. The van der Waals surface area contributed by atoms with Crippen LogP contribution in [0.3, 0.4) is 0 Å². The lowest BCUT2D eigenvalue weighted by atomic mass is 10.0. The zero-order valence-electron chi connectivity index (χ0n) is 52.8. The van der Waals surface area contributed by atoms with Crippen LogP contribution in [0.15, 0.2) is 72.9 Å². The Morgan fingerprint density at radius 2 is 0.772 bits per heavy atom. The number of phosphoric acid groups is 1. The molecule has 0 aliphatic carbocycles. The van der Waals surface area contributed by atoms with Crippen LogP contribution in [0.1, 0.15) is 316 Å². The summed E-state index contributed by atoms with van der Waals surface area (Å²) < 4.78 is 23.4. The molecule has 0 spiro atoms. The van der Waals surface area contributed by atoms with E-state index >= 15 is 0 Å². The topological polar surface area (TPSA) is 108 Å². The van der Waals surface area contributed by atoms with Gasteiger partial charge in [-0.3, -0.25) is 9.36 Å². The fourth-order valence-electron chi connectivity index (χ4n) is 9.95. The van der Waals surface area contributed by atoms with E-state index in [2.05, 4.69) is 79.9 Å². The van der Waals surface area contributed by atoms with Gasteiger partial charge in [-0.15, -0.1) is 0 Å². The minimum atomic E-state index is -4.60. The first-order valence-corrected chi connectivity index (χ1v) is 35.3. The van der Waals surface area contributed by atoms with E-state index in [1.165, 1.54) is 225 Å². The summed E-state index contributed by atoms with van der Waals surface area (Å²) in [6.07, 6.45) is 84.4. The average Bonchev–Trinajstić information content (AvgIpc) is 3.42. The third kappa shape index (κ3) is 63.4. The van der Waals surface area contributed by atoms with Crippen LogP contribution in [0.5, 0.6) is 0 Å². The van der Waals surface area contributed by atoms with Gasteiger partial charge in [0.15, 0.2) is 0 Å². The maximum Gasteiger partial charge on any atom is 0.268 e. The van der Waals surface area contributed by atoms with Crippen molar-refractivity contribution in [3.8, 4) is 0 Å². The summed E-state index contributed by atoms with van der Waals surface area (Å²) in [7, 11) is 1.27. The number of quaternary nitrogens is 1. The second kappa shape index (κ2) is 60.5. The van der Waals surface area contributed by atoms with Crippen LogP contribution in [0.2, 0.25) is 0 Å². The minimum Gasteiger partial charge on any atom is -0.756 e. The Kier molecular flexibility index (Phi) is 59.0. The Hall–Kier alpha value is -2.06. The summed E-state index contributed by atoms with van der Waals surface area (Å²) in [6.45, 7) is 4.57. The predicted octanol–water partition coefficient (Wildman–Crippen LogP) is 20.8. The average molecular weight is 1130 g/mol. The van der Waals surface area contributed by atoms with Gasteiger partial charge in [0, 0.05) is 6.42 Å². The summed E-state index contributed by atoms with van der Waals surface area (Å²) in [5.41, 5.74) is 0. The molecule has 0 bridgehead atoms. The van der Waals surface area contributed by atoms with Crippen molar-refractivity contribution in [3.05, 3.63) is 72.9 Å². The molecule has 8 nitrogen and oxygen atoms in total. The molecule has 0 aromatic heterocycles. The van der Waals surface area contributed by atoms with Gasteiger partial charge >= 0.3 is 0 Å². The second-order valence-electron chi connectivity index (χ2n) is 24.2. The van der Waals surface area contributed by atoms with E-state index < -0.39 is 20.0 Å². The van der Waals surface area contributed by atoms with Crippen molar-refractivity contribution in [1.29, 1.82) is 0 Å². The Labute approximate surface area is 491 Å². The monoisotopic (exact) mass is 1130 g/mol. The zero-order chi connectivity index (χ0) is 57.7. The lowest BCUT2D eigenvalue weighted by Crippen LogP contribution is -2.45. The van der Waals surface area contributed by atoms with Gasteiger partial charge in [0.1, 0.15) is 13.2 Å². The number of amides is 1. The highest BCUT2D eigenvalue weighted by molar-refractivity contribution is 7.45. The van der Waals surface area contributed by atoms with Crippen LogP contribution in [-0.4, -0.2) is 68.5 Å². The number of hydrogen-bond donors (Lipinski definition) is 2. The standard InChI is InChI=1S/C70H131N2O6P/c1-6-8-10-12-14-16-18-20-22-24-26-28-29-30-31-32-33-34-35-36-37-38-39-40-41-42-43-44-46-48-50-52-54-56-58-60-62-64-70(74)71-68(67-78-79(75,76)77-66-65-72(3,4)5)69(73)63-61-59-57-55-53-51-49-47-45-27-25-23-21-19-17-15-13-11-9-7-2/h8,10,14,16,20,22,26,28,30-31,61,63,68-69,73H,6-7,9,11-13,15,17-19,21,23-25,27,29,32-60,62,64-67H2,1-5H3,(H-,71,74,75,76)/b10-8-,16-14-,22-20-,28-26-,31-30-,63-61+. The number of carbonyl (C=O) groups is 1. The highest BCUT2D eigenvalue weighted by Gasteiger charge is 2.23. The molecule has 0 aromatic carbocycles. The molecule has 79 heavy (non-hydrogen) atoms. The Balaban J connectivity index is 4.00. The first-order valence-electron chi connectivity index (χ1n) is 33.8. The number of nitrogens with one attached hydrogen (secondary N) is 1. The van der Waals surface area contributed by atoms with Crippen molar-refractivity contribution in [3.63, 3.8) is 0 Å². The number of aliphatic hydroxyl groups is 1. The van der Waals surface area contributed by atoms with Gasteiger partial charge in [-0.25, -0.2) is 0 Å². The van der Waals surface area contributed by atoms with Crippen molar-refractivity contribution in [2.45, 2.75) is 328 Å². The number of allylic oxidation sites excluding steroid dienone is 11. The second-order valence-corrected chi connectivity index (χ2v) is 25.6. The zero-order valence-corrected chi connectivity index (χ0v) is 53.7. The normalized spacial score (nSPS) is 14.2. The predicted molar refractivity (Wildman–Crippen MR) is 344 cm³/mol. The van der Waals surface area contributed by atoms with Crippen molar-refractivity contribution in [2.75, 3.05) is 40.9 Å². The van der Waals surface area contributed by atoms with Gasteiger partial charge in [0.05, 0.1) is 39.9 Å². The van der Waals surface area contributed by atoms with Crippen LogP contribution in [0.25, 0.3) is 0 Å². The van der Waals surface area contributed by atoms with Crippen LogP contribution in [-0.2, 0) is 18.4 Å². The molecule has 0 heterocycles. The lowest BCUT2D eigenvalue weighted by Gasteiger charge is -2.29. The van der Waals surface area contributed by atoms with Gasteiger partial charge in [0.2, 0.25) is 5.91 Å². The van der Waals surface area contributed by atoms with Crippen LogP contribution >= 0.6 is 7.82 Å². The van der Waals surface area contributed by atoms with Crippen molar-refractivity contribution >= 4 is 13.7 Å². The SMILES string of the molecule is CC/C=C\C/C=C\C/C=C\C/C=C\C/C=C\CCCCCCCCCCCCCCCCCCCCCCCC(=O)NC(COP(=O)([O-])OCC[N+](C)(C)C)C(O)/C=C/CCCCCCCCCCCCCCCCCCCC. The summed E-state index contributed by atoms with van der Waals surface area (Å²) in [6, 6.07) is -0.888. The van der Waals surface area contributed by atoms with E-state index in [-0.39, 0.29) is 19.1 Å². The molecule has 0 aliphatic rings. The molecule has 9 heteroatoms. The Morgan fingerprint density at radius 3 is 1.13 bits per heavy atom. The number of nitrogens with zero attached hydrogens (tertiary/aromatic N) is 1. The van der Waals surface area contributed by atoms with Crippen LogP contribution in [0, 0.1) is 0 Å². The number of aliphatic hydroxyl groups excluding tert-OH is 1. The minimum absolute atomic E-state index is 0.000593. The number of unbranched alkanes of at least 4 members (excludes halogenated alkanes) is 39. The third-order valence-electron chi connectivity index (χ3n) is 15.2. The molecule has 0 aliphatic heterocycles. The maximum absolute atomic E-state index is 13.0. The van der Waals surface area contributed by atoms with E-state index in [0.29, 0.717) is 17.4 Å². The summed E-state index contributed by atoms with van der Waals surface area (Å²) >= 11 is 0. The van der Waals surface area contributed by atoms with Crippen molar-refractivity contribution < 1.29 is 32.9 Å². The van der Waals surface area contributed by atoms with E-state index in [1.807, 2.05) is 27.2 Å². The highest BCUT2D eigenvalue weighted by Crippen LogP contribution is 2.38. The van der Waals surface area contributed by atoms with Gasteiger partial charge in [-0.1, -0.05) is 318 Å². The summed E-state index contributed by atoms with van der Waals surface area (Å²) in [4.78, 5) is 25.6. The maximum atomic E-state index is 13.0. The molecular formula is C70H131N2O6P. The Morgan fingerprint density at radius 1 is 0.456 bits per heavy atom. The van der Waals surface area contributed by atoms with Crippen LogP contribution < -0.4 is 10.2 Å². The molecule has 462 valence electrons. The smallest absolute Gasteiger partial charge is 0.268 e. The number of hydrogen-bond acceptors (Lipinski definition) is 6. The quantitative estimate of drug-likeness (QED) is 0.0272. The van der Waals surface area contributed by atoms with Gasteiger partial charge in [-0.05, 0) is 64.2 Å². The third-order valence-corrected chi connectivity index (χ3v) is 16.1. The number of rotatable bonds is 62. The first-order chi connectivity index (χ1) is 38.5. The molecule has 0 fully saturated rings. The molecule has 0 rings (SSSR count). The molecule has 2 N–H and O–H groups in total. The molecule has 0 aromatic rings. The summed E-state index contributed by atoms with van der Waals surface area (Å²) in [5.74, 6) is -0.193. The molecule has 0 radical (unpaired) electrons. The van der Waals surface area contributed by atoms with E-state index in [0.717, 1.165) is 70.6 Å². The fraction of sp³-hybridized carbons (Fsp3) is 0.814. The molecule has 0 saturated heterocycles. The van der Waals surface area contributed by atoms with Crippen molar-refractivity contribution in [2.24, 2.45) is 0 Å². The van der Waals surface area contributed by atoms with E-state index in [1.54, 1.807) is 6.08 Å². The number of likely N-dealkylation sites (N-methyl/N-ethyl adjacent to an activating group) is 1. The number of phosphoric ester groups is 1. The summed E-state index contributed by atoms with van der Waals surface area (Å²) in [5, 5.41) is 13.9. The fourth-order valence-corrected chi connectivity index (χ4v) is 10.7. The lowest BCUT2D eigenvalue weighted by molar-refractivity contribution is -0.870. The largest absolute Gasteiger partial charge is 0.756 e.